The second-order valence-corrected chi connectivity index (χ2v) is 4.74. The summed E-state index contributed by atoms with van der Waals surface area (Å²) >= 11 is 0. The fraction of sp³-hybridized carbons (Fsp3) is 0.917. The quantitative estimate of drug-likeness (QED) is 0.749. The lowest BCUT2D eigenvalue weighted by Gasteiger charge is -2.40. The Morgan fingerprint density at radius 1 is 1.44 bits per heavy atom. The molecule has 0 saturated heterocycles. The summed E-state index contributed by atoms with van der Waals surface area (Å²) in [6.45, 7) is 4.12. The highest BCUT2D eigenvalue weighted by atomic mass is 16.4. The lowest BCUT2D eigenvalue weighted by Crippen LogP contribution is -2.51. The van der Waals surface area contributed by atoms with Crippen LogP contribution in [0.25, 0.3) is 0 Å². The summed E-state index contributed by atoms with van der Waals surface area (Å²) in [6.07, 6.45) is 4.42. The van der Waals surface area contributed by atoms with Crippen LogP contribution in [0.15, 0.2) is 0 Å². The molecule has 0 aromatic rings. The number of carboxylic acids is 1. The molecule has 0 heterocycles. The zero-order valence-corrected chi connectivity index (χ0v) is 10.2. The molecule has 1 fully saturated rings. The number of rotatable bonds is 5. The van der Waals surface area contributed by atoms with Gasteiger partial charge in [0.1, 0.15) is 0 Å². The third-order valence-electron chi connectivity index (χ3n) is 3.59. The Morgan fingerprint density at radius 2 is 2.06 bits per heavy atom. The molecule has 4 nitrogen and oxygen atoms in total. The Balaban J connectivity index is 2.69. The smallest absolute Gasteiger partial charge is 0.317 e. The molecule has 2 N–H and O–H groups in total. The van der Waals surface area contributed by atoms with Gasteiger partial charge in [-0.25, -0.2) is 0 Å². The minimum absolute atomic E-state index is 0.0276. The van der Waals surface area contributed by atoms with Crippen LogP contribution in [-0.4, -0.2) is 45.8 Å². The Hall–Kier alpha value is -0.610. The summed E-state index contributed by atoms with van der Waals surface area (Å²) in [5, 5.41) is 18.9. The van der Waals surface area contributed by atoms with Crippen LogP contribution >= 0.6 is 0 Å². The summed E-state index contributed by atoms with van der Waals surface area (Å²) in [7, 11) is 0. The first-order valence-corrected chi connectivity index (χ1v) is 6.21. The molecular formula is C12H23NO3. The molecule has 1 saturated carbocycles. The van der Waals surface area contributed by atoms with Gasteiger partial charge in [-0.05, 0) is 26.2 Å². The van der Waals surface area contributed by atoms with E-state index in [1.165, 1.54) is 0 Å². The molecule has 3 unspecified atom stereocenters. The number of carboxylic acid groups (broad SMARTS) is 1. The van der Waals surface area contributed by atoms with E-state index < -0.39 is 5.97 Å². The van der Waals surface area contributed by atoms with Crippen molar-refractivity contribution in [2.24, 2.45) is 0 Å². The molecule has 94 valence electrons. The molecular weight excluding hydrogens is 206 g/mol. The van der Waals surface area contributed by atoms with Crippen LogP contribution in [0.4, 0.5) is 0 Å². The van der Waals surface area contributed by atoms with Crippen molar-refractivity contribution in [1.82, 2.24) is 4.90 Å². The maximum Gasteiger partial charge on any atom is 0.317 e. The fourth-order valence-electron chi connectivity index (χ4n) is 2.47. The largest absolute Gasteiger partial charge is 0.480 e. The topological polar surface area (TPSA) is 60.8 Å². The van der Waals surface area contributed by atoms with Crippen LogP contribution in [0.2, 0.25) is 0 Å². The molecule has 0 aliphatic heterocycles. The van der Waals surface area contributed by atoms with E-state index in [2.05, 4.69) is 6.92 Å². The highest BCUT2D eigenvalue weighted by Crippen LogP contribution is 2.25. The number of nitrogens with zero attached hydrogens (tertiary/aromatic N) is 1. The van der Waals surface area contributed by atoms with Gasteiger partial charge in [0, 0.05) is 12.1 Å². The molecule has 1 rings (SSSR count). The third-order valence-corrected chi connectivity index (χ3v) is 3.59. The number of aliphatic carboxylic acids is 1. The first-order valence-electron chi connectivity index (χ1n) is 6.21. The number of hydrogen-bond donors (Lipinski definition) is 2. The van der Waals surface area contributed by atoms with Gasteiger partial charge >= 0.3 is 5.97 Å². The molecule has 0 bridgehead atoms. The monoisotopic (exact) mass is 229 g/mol. The van der Waals surface area contributed by atoms with Crippen molar-refractivity contribution >= 4 is 5.97 Å². The second kappa shape index (κ2) is 6.21. The van der Waals surface area contributed by atoms with Crippen LogP contribution in [0.1, 0.15) is 46.0 Å². The van der Waals surface area contributed by atoms with Crippen molar-refractivity contribution in [2.75, 3.05) is 6.54 Å². The zero-order valence-electron chi connectivity index (χ0n) is 10.2. The molecule has 1 aliphatic carbocycles. The van der Waals surface area contributed by atoms with E-state index in [0.29, 0.717) is 0 Å². The average molecular weight is 229 g/mol. The minimum atomic E-state index is -0.807. The van der Waals surface area contributed by atoms with Crippen molar-refractivity contribution in [3.63, 3.8) is 0 Å². The standard InChI is InChI=1S/C12H23NO3/c1-3-9(2)13(8-12(15)16)10-6-4-5-7-11(10)14/h9-11,14H,3-8H2,1-2H3,(H,15,16). The molecule has 16 heavy (non-hydrogen) atoms. The van der Waals surface area contributed by atoms with Crippen molar-refractivity contribution in [3.8, 4) is 0 Å². The van der Waals surface area contributed by atoms with E-state index in [9.17, 15) is 9.90 Å². The van der Waals surface area contributed by atoms with Crippen molar-refractivity contribution in [2.45, 2.75) is 64.1 Å². The minimum Gasteiger partial charge on any atom is -0.480 e. The first kappa shape index (κ1) is 13.5. The van der Waals surface area contributed by atoms with Crippen molar-refractivity contribution in [1.29, 1.82) is 0 Å². The van der Waals surface area contributed by atoms with Gasteiger partial charge in [-0.2, -0.15) is 0 Å². The number of carbonyl (C=O) groups is 1. The van der Waals surface area contributed by atoms with Crippen LogP contribution in [0.3, 0.4) is 0 Å². The van der Waals surface area contributed by atoms with Crippen LogP contribution in [0, 0.1) is 0 Å². The maximum atomic E-state index is 10.9. The highest BCUT2D eigenvalue weighted by Gasteiger charge is 2.31. The summed E-state index contributed by atoms with van der Waals surface area (Å²) in [5.74, 6) is -0.807. The van der Waals surface area contributed by atoms with Crippen LogP contribution < -0.4 is 0 Å². The summed E-state index contributed by atoms with van der Waals surface area (Å²) in [6, 6.07) is 0.244. The van der Waals surface area contributed by atoms with E-state index in [-0.39, 0.29) is 24.7 Å². The normalized spacial score (nSPS) is 28.0. The van der Waals surface area contributed by atoms with Gasteiger partial charge in [-0.1, -0.05) is 19.8 Å². The molecule has 0 aromatic carbocycles. The molecule has 4 heteroatoms. The van der Waals surface area contributed by atoms with Gasteiger partial charge in [0.15, 0.2) is 0 Å². The average Bonchev–Trinajstić information content (AvgIpc) is 2.26. The van der Waals surface area contributed by atoms with E-state index in [1.54, 1.807) is 0 Å². The van der Waals surface area contributed by atoms with Crippen molar-refractivity contribution < 1.29 is 15.0 Å². The lowest BCUT2D eigenvalue weighted by atomic mass is 9.90. The summed E-state index contributed by atoms with van der Waals surface area (Å²) < 4.78 is 0. The van der Waals surface area contributed by atoms with E-state index >= 15 is 0 Å². The predicted molar refractivity (Wildman–Crippen MR) is 62.4 cm³/mol. The van der Waals surface area contributed by atoms with Gasteiger partial charge in [-0.3, -0.25) is 9.69 Å². The van der Waals surface area contributed by atoms with Gasteiger partial charge < -0.3 is 10.2 Å². The predicted octanol–water partition coefficient (Wildman–Crippen LogP) is 1.47. The number of aliphatic hydroxyl groups excluding tert-OH is 1. The fourth-order valence-corrected chi connectivity index (χ4v) is 2.47. The third kappa shape index (κ3) is 3.46. The first-order chi connectivity index (χ1) is 7.56. The molecule has 0 aromatic heterocycles. The molecule has 3 atom stereocenters. The van der Waals surface area contributed by atoms with Crippen LogP contribution in [-0.2, 0) is 4.79 Å². The number of hydrogen-bond acceptors (Lipinski definition) is 3. The van der Waals surface area contributed by atoms with Gasteiger partial charge in [-0.15, -0.1) is 0 Å². The van der Waals surface area contributed by atoms with E-state index in [4.69, 9.17) is 5.11 Å². The van der Waals surface area contributed by atoms with E-state index in [0.717, 1.165) is 32.1 Å². The highest BCUT2D eigenvalue weighted by molar-refractivity contribution is 5.69. The number of aliphatic hydroxyl groups is 1. The Labute approximate surface area is 97.3 Å². The molecule has 0 spiro atoms. The molecule has 0 radical (unpaired) electrons. The Morgan fingerprint density at radius 3 is 2.56 bits per heavy atom. The van der Waals surface area contributed by atoms with Crippen LogP contribution in [0.5, 0.6) is 0 Å². The zero-order chi connectivity index (χ0) is 12.1. The molecule has 1 aliphatic rings. The Bertz CT molecular complexity index is 232. The SMILES string of the molecule is CCC(C)N(CC(=O)O)C1CCCCC1O. The lowest BCUT2D eigenvalue weighted by molar-refractivity contribution is -0.140. The molecule has 0 amide bonds. The van der Waals surface area contributed by atoms with Gasteiger partial charge in [0.2, 0.25) is 0 Å². The maximum absolute atomic E-state index is 10.9. The van der Waals surface area contributed by atoms with Crippen molar-refractivity contribution in [3.05, 3.63) is 0 Å². The van der Waals surface area contributed by atoms with Gasteiger partial charge in [0.05, 0.1) is 12.6 Å². The second-order valence-electron chi connectivity index (χ2n) is 4.74. The summed E-state index contributed by atoms with van der Waals surface area (Å²) in [4.78, 5) is 12.8. The Kier molecular flexibility index (Phi) is 5.22. The van der Waals surface area contributed by atoms with E-state index in [1.807, 2.05) is 11.8 Å². The van der Waals surface area contributed by atoms with Gasteiger partial charge in [0.25, 0.3) is 0 Å². The summed E-state index contributed by atoms with van der Waals surface area (Å²) in [5.41, 5.74) is 0.